The van der Waals surface area contributed by atoms with E-state index in [1.165, 1.54) is 10.7 Å². The molecule has 26 heavy (non-hydrogen) atoms. The number of benzene rings is 1. The molecule has 5 nitrogen and oxygen atoms in total. The summed E-state index contributed by atoms with van der Waals surface area (Å²) in [5, 5.41) is 4.51. The Morgan fingerprint density at radius 1 is 1.27 bits per heavy atom. The van der Waals surface area contributed by atoms with Crippen molar-refractivity contribution in [1.82, 2.24) is 14.7 Å². The maximum absolute atomic E-state index is 14.0. The highest BCUT2D eigenvalue weighted by atomic mass is 19.1. The Morgan fingerprint density at radius 2 is 2.15 bits per heavy atom. The molecule has 1 aromatic heterocycles. The molecular weight excluding hydrogens is 340 g/mol. The van der Waals surface area contributed by atoms with Crippen LogP contribution in [0, 0.1) is 11.6 Å². The van der Waals surface area contributed by atoms with Gasteiger partial charge in [-0.15, -0.1) is 0 Å². The average Bonchev–Trinajstić information content (AvgIpc) is 3.05. The van der Waals surface area contributed by atoms with E-state index in [1.807, 2.05) is 0 Å². The number of likely N-dealkylation sites (tertiary alicyclic amines) is 1. The first-order valence-electron chi connectivity index (χ1n) is 8.96. The topological polar surface area (TPSA) is 47.4 Å². The fraction of sp³-hybridized carbons (Fsp3) is 0.474. The van der Waals surface area contributed by atoms with Crippen LogP contribution in [0.3, 0.4) is 0 Å². The van der Waals surface area contributed by atoms with Crippen molar-refractivity contribution < 1.29 is 13.5 Å². The van der Waals surface area contributed by atoms with Crippen LogP contribution >= 0.6 is 0 Å². The SMILES string of the molecule is O=c1cc2c(nn1CC1CCCN1Cc1cc(F)ccc1F)CCOC2. The second kappa shape index (κ2) is 7.25. The molecule has 0 N–H and O–H groups in total. The Balaban J connectivity index is 1.52. The highest BCUT2D eigenvalue weighted by Gasteiger charge is 2.27. The summed E-state index contributed by atoms with van der Waals surface area (Å²) in [5.74, 6) is -0.840. The van der Waals surface area contributed by atoms with E-state index in [2.05, 4.69) is 10.00 Å². The lowest BCUT2D eigenvalue weighted by atomic mass is 10.1. The van der Waals surface area contributed by atoms with Crippen molar-refractivity contribution >= 4 is 0 Å². The third kappa shape index (κ3) is 3.54. The van der Waals surface area contributed by atoms with Gasteiger partial charge in [-0.2, -0.15) is 5.10 Å². The largest absolute Gasteiger partial charge is 0.376 e. The van der Waals surface area contributed by atoms with Gasteiger partial charge in [0.15, 0.2) is 0 Å². The van der Waals surface area contributed by atoms with Crippen LogP contribution in [0.2, 0.25) is 0 Å². The molecule has 2 aromatic rings. The summed E-state index contributed by atoms with van der Waals surface area (Å²) < 4.78 is 34.3. The van der Waals surface area contributed by atoms with E-state index in [-0.39, 0.29) is 11.6 Å². The number of hydrogen-bond donors (Lipinski definition) is 0. The Hall–Kier alpha value is -2.12. The molecule has 1 atom stereocenters. The van der Waals surface area contributed by atoms with Crippen LogP contribution < -0.4 is 5.56 Å². The van der Waals surface area contributed by atoms with E-state index >= 15 is 0 Å². The third-order valence-corrected chi connectivity index (χ3v) is 5.17. The van der Waals surface area contributed by atoms with E-state index < -0.39 is 11.6 Å². The van der Waals surface area contributed by atoms with Crippen molar-refractivity contribution in [2.45, 2.75) is 45.0 Å². The van der Waals surface area contributed by atoms with Gasteiger partial charge in [-0.1, -0.05) is 0 Å². The van der Waals surface area contributed by atoms with E-state index in [0.29, 0.717) is 38.3 Å². The fourth-order valence-corrected chi connectivity index (χ4v) is 3.78. The van der Waals surface area contributed by atoms with Gasteiger partial charge >= 0.3 is 0 Å². The number of aromatic nitrogens is 2. The average molecular weight is 361 g/mol. The van der Waals surface area contributed by atoms with Gasteiger partial charge in [-0.25, -0.2) is 13.5 Å². The summed E-state index contributed by atoms with van der Waals surface area (Å²) in [6, 6.07) is 5.22. The minimum Gasteiger partial charge on any atom is -0.376 e. The van der Waals surface area contributed by atoms with E-state index in [1.54, 1.807) is 6.07 Å². The fourth-order valence-electron chi connectivity index (χ4n) is 3.78. The predicted octanol–water partition coefficient (Wildman–Crippen LogP) is 2.26. The first-order chi connectivity index (χ1) is 12.6. The number of hydrogen-bond acceptors (Lipinski definition) is 4. The zero-order chi connectivity index (χ0) is 18.1. The van der Waals surface area contributed by atoms with Crippen LogP contribution in [0.1, 0.15) is 29.7 Å². The molecule has 1 aromatic carbocycles. The Labute approximate surface area is 150 Å². The molecule has 7 heteroatoms. The van der Waals surface area contributed by atoms with Gasteiger partial charge in [0, 0.05) is 36.2 Å². The van der Waals surface area contributed by atoms with Crippen LogP contribution in [-0.2, 0) is 30.9 Å². The molecule has 1 unspecified atom stereocenters. The predicted molar refractivity (Wildman–Crippen MR) is 91.6 cm³/mol. The van der Waals surface area contributed by atoms with E-state index in [4.69, 9.17) is 4.74 Å². The van der Waals surface area contributed by atoms with Crippen LogP contribution in [0.25, 0.3) is 0 Å². The summed E-state index contributed by atoms with van der Waals surface area (Å²) in [4.78, 5) is 14.5. The molecule has 0 spiro atoms. The summed E-state index contributed by atoms with van der Waals surface area (Å²) in [6.45, 7) is 2.65. The third-order valence-electron chi connectivity index (χ3n) is 5.17. The van der Waals surface area contributed by atoms with Gasteiger partial charge in [-0.05, 0) is 37.6 Å². The van der Waals surface area contributed by atoms with Gasteiger partial charge < -0.3 is 4.74 Å². The second-order valence-electron chi connectivity index (χ2n) is 6.94. The molecule has 0 amide bonds. The first-order valence-corrected chi connectivity index (χ1v) is 8.96. The van der Waals surface area contributed by atoms with Gasteiger partial charge in [0.1, 0.15) is 11.6 Å². The standard InChI is InChI=1S/C19H21F2N3O2/c20-15-3-4-17(21)13(8-15)10-23-6-1-2-16(23)11-24-19(25)9-14-12-26-7-5-18(14)22-24/h3-4,8-9,16H,1-2,5-7,10-12H2. The molecule has 0 radical (unpaired) electrons. The number of halogens is 2. The van der Waals surface area contributed by atoms with Gasteiger partial charge in [0.25, 0.3) is 5.56 Å². The zero-order valence-corrected chi connectivity index (χ0v) is 14.5. The van der Waals surface area contributed by atoms with Crippen LogP contribution in [0.15, 0.2) is 29.1 Å². The highest BCUT2D eigenvalue weighted by Crippen LogP contribution is 2.23. The molecule has 0 aliphatic carbocycles. The highest BCUT2D eigenvalue weighted by molar-refractivity contribution is 5.20. The lowest BCUT2D eigenvalue weighted by Crippen LogP contribution is -2.37. The Kier molecular flexibility index (Phi) is 4.82. The number of fused-ring (bicyclic) bond motifs is 1. The van der Waals surface area contributed by atoms with Gasteiger partial charge in [0.05, 0.1) is 25.5 Å². The molecule has 2 aliphatic heterocycles. The van der Waals surface area contributed by atoms with Crippen molar-refractivity contribution in [3.8, 4) is 0 Å². The smallest absolute Gasteiger partial charge is 0.267 e. The molecule has 138 valence electrons. The van der Waals surface area contributed by atoms with Crippen LogP contribution in [0.4, 0.5) is 8.78 Å². The summed E-state index contributed by atoms with van der Waals surface area (Å²) in [6.07, 6.45) is 2.58. The molecule has 2 aliphatic rings. The van der Waals surface area contributed by atoms with Gasteiger partial charge in [0.2, 0.25) is 0 Å². The first kappa shape index (κ1) is 17.3. The lowest BCUT2D eigenvalue weighted by molar-refractivity contribution is 0.107. The molecule has 0 bridgehead atoms. The van der Waals surface area contributed by atoms with Crippen molar-refractivity contribution in [3.63, 3.8) is 0 Å². The number of rotatable bonds is 4. The number of ether oxygens (including phenoxy) is 1. The van der Waals surface area contributed by atoms with E-state index in [9.17, 15) is 13.6 Å². The molecule has 1 fully saturated rings. The molecular formula is C19H21F2N3O2. The Bertz CT molecular complexity index is 868. The normalized spacial score (nSPS) is 20.3. The molecule has 3 heterocycles. The minimum absolute atomic E-state index is 0.0840. The zero-order valence-electron chi connectivity index (χ0n) is 14.5. The minimum atomic E-state index is -0.438. The molecule has 4 rings (SSSR count). The summed E-state index contributed by atoms with van der Waals surface area (Å²) >= 11 is 0. The van der Waals surface area contributed by atoms with Crippen LogP contribution in [0.5, 0.6) is 0 Å². The lowest BCUT2D eigenvalue weighted by Gasteiger charge is -2.25. The maximum atomic E-state index is 14.0. The Morgan fingerprint density at radius 3 is 3.04 bits per heavy atom. The van der Waals surface area contributed by atoms with Gasteiger partial charge in [-0.3, -0.25) is 9.69 Å². The number of nitrogens with zero attached hydrogens (tertiary/aromatic N) is 3. The summed E-state index contributed by atoms with van der Waals surface area (Å²) in [7, 11) is 0. The van der Waals surface area contributed by atoms with Crippen LogP contribution in [-0.4, -0.2) is 33.9 Å². The van der Waals surface area contributed by atoms with Crippen molar-refractivity contribution in [1.29, 1.82) is 0 Å². The maximum Gasteiger partial charge on any atom is 0.267 e. The quantitative estimate of drug-likeness (QED) is 0.838. The van der Waals surface area contributed by atoms with E-state index in [0.717, 1.165) is 42.8 Å². The van der Waals surface area contributed by atoms with Crippen molar-refractivity contribution in [3.05, 3.63) is 63.1 Å². The monoisotopic (exact) mass is 361 g/mol. The van der Waals surface area contributed by atoms with Crippen molar-refractivity contribution in [2.24, 2.45) is 0 Å². The molecule has 0 saturated carbocycles. The second-order valence-corrected chi connectivity index (χ2v) is 6.94. The van der Waals surface area contributed by atoms with Crippen molar-refractivity contribution in [2.75, 3.05) is 13.2 Å². The molecule has 1 saturated heterocycles. The summed E-state index contributed by atoms with van der Waals surface area (Å²) in [5.41, 5.74) is 1.98.